The van der Waals surface area contributed by atoms with Gasteiger partial charge in [0.15, 0.2) is 0 Å². The summed E-state index contributed by atoms with van der Waals surface area (Å²) < 4.78 is 5.11. The standard InChI is InChI=1S/C15H24ClNO2/c1-15(2,3)8-12(18)10-17-9-11-5-6-14(19-4)13(16)7-11/h5-7,12,17-18H,8-10H2,1-4H3. The number of rotatable bonds is 6. The molecule has 1 aromatic carbocycles. The molecule has 2 N–H and O–H groups in total. The molecule has 0 aliphatic carbocycles. The third-order valence-corrected chi connectivity index (χ3v) is 3.07. The lowest BCUT2D eigenvalue weighted by Gasteiger charge is -2.22. The number of nitrogens with one attached hydrogen (secondary N) is 1. The van der Waals surface area contributed by atoms with Crippen molar-refractivity contribution >= 4 is 11.6 Å². The SMILES string of the molecule is COc1ccc(CNCC(O)CC(C)(C)C)cc1Cl. The first-order chi connectivity index (χ1) is 8.81. The molecule has 0 aliphatic heterocycles. The smallest absolute Gasteiger partial charge is 0.137 e. The highest BCUT2D eigenvalue weighted by molar-refractivity contribution is 6.32. The zero-order valence-corrected chi connectivity index (χ0v) is 12.9. The summed E-state index contributed by atoms with van der Waals surface area (Å²) in [7, 11) is 1.60. The van der Waals surface area contributed by atoms with Crippen molar-refractivity contribution in [3.05, 3.63) is 28.8 Å². The van der Waals surface area contributed by atoms with Crippen LogP contribution in [0.2, 0.25) is 5.02 Å². The number of ether oxygens (including phenoxy) is 1. The van der Waals surface area contributed by atoms with E-state index in [1.807, 2.05) is 18.2 Å². The van der Waals surface area contributed by atoms with E-state index in [0.29, 0.717) is 23.9 Å². The average Bonchev–Trinajstić information content (AvgIpc) is 2.26. The van der Waals surface area contributed by atoms with Gasteiger partial charge < -0.3 is 15.2 Å². The van der Waals surface area contributed by atoms with Gasteiger partial charge in [-0.3, -0.25) is 0 Å². The second-order valence-electron chi connectivity index (χ2n) is 6.02. The van der Waals surface area contributed by atoms with E-state index in [2.05, 4.69) is 26.1 Å². The maximum absolute atomic E-state index is 9.89. The normalized spacial score (nSPS) is 13.4. The quantitative estimate of drug-likeness (QED) is 0.843. The molecule has 3 nitrogen and oxygen atoms in total. The minimum Gasteiger partial charge on any atom is -0.495 e. The van der Waals surface area contributed by atoms with Crippen molar-refractivity contribution < 1.29 is 9.84 Å². The number of hydrogen-bond donors (Lipinski definition) is 2. The summed E-state index contributed by atoms with van der Waals surface area (Å²) in [5, 5.41) is 13.7. The van der Waals surface area contributed by atoms with Gasteiger partial charge in [-0.05, 0) is 29.5 Å². The molecule has 0 bridgehead atoms. The average molecular weight is 286 g/mol. The molecule has 4 heteroatoms. The summed E-state index contributed by atoms with van der Waals surface area (Å²) in [6, 6.07) is 5.70. The highest BCUT2D eigenvalue weighted by Gasteiger charge is 2.16. The van der Waals surface area contributed by atoms with Crippen LogP contribution in [-0.4, -0.2) is 24.9 Å². The molecule has 0 radical (unpaired) electrons. The van der Waals surface area contributed by atoms with Gasteiger partial charge in [0.2, 0.25) is 0 Å². The number of hydrogen-bond acceptors (Lipinski definition) is 3. The van der Waals surface area contributed by atoms with E-state index < -0.39 is 0 Å². The van der Waals surface area contributed by atoms with Gasteiger partial charge in [-0.15, -0.1) is 0 Å². The molecule has 0 spiro atoms. The predicted octanol–water partition coefficient (Wildman–Crippen LogP) is 3.24. The molecule has 0 fully saturated rings. The van der Waals surface area contributed by atoms with Crippen LogP contribution in [0.3, 0.4) is 0 Å². The van der Waals surface area contributed by atoms with Crippen LogP contribution in [0.15, 0.2) is 18.2 Å². The second kappa shape index (κ2) is 7.13. The first kappa shape index (κ1) is 16.3. The fraction of sp³-hybridized carbons (Fsp3) is 0.600. The van der Waals surface area contributed by atoms with Crippen molar-refractivity contribution in [3.8, 4) is 5.75 Å². The fourth-order valence-electron chi connectivity index (χ4n) is 1.98. The van der Waals surface area contributed by atoms with E-state index >= 15 is 0 Å². The number of benzene rings is 1. The molecule has 0 saturated heterocycles. The van der Waals surface area contributed by atoms with Gasteiger partial charge in [0, 0.05) is 13.1 Å². The van der Waals surface area contributed by atoms with Crippen molar-refractivity contribution in [2.24, 2.45) is 5.41 Å². The van der Waals surface area contributed by atoms with Crippen molar-refractivity contribution in [2.75, 3.05) is 13.7 Å². The number of aliphatic hydroxyl groups is 1. The topological polar surface area (TPSA) is 41.5 Å². The first-order valence-electron chi connectivity index (χ1n) is 6.53. The van der Waals surface area contributed by atoms with Crippen LogP contribution in [0, 0.1) is 5.41 Å². The molecule has 0 aliphatic rings. The maximum Gasteiger partial charge on any atom is 0.137 e. The lowest BCUT2D eigenvalue weighted by molar-refractivity contribution is 0.119. The molecule has 108 valence electrons. The Labute approximate surface area is 120 Å². The fourth-order valence-corrected chi connectivity index (χ4v) is 2.26. The monoisotopic (exact) mass is 285 g/mol. The van der Waals surface area contributed by atoms with Gasteiger partial charge in [-0.2, -0.15) is 0 Å². The molecule has 0 saturated carbocycles. The van der Waals surface area contributed by atoms with Crippen LogP contribution < -0.4 is 10.1 Å². The van der Waals surface area contributed by atoms with Crippen LogP contribution in [0.5, 0.6) is 5.75 Å². The van der Waals surface area contributed by atoms with E-state index in [-0.39, 0.29) is 11.5 Å². The van der Waals surface area contributed by atoms with E-state index in [1.54, 1.807) is 7.11 Å². The van der Waals surface area contributed by atoms with Crippen LogP contribution in [0.1, 0.15) is 32.8 Å². The summed E-state index contributed by atoms with van der Waals surface area (Å²) in [4.78, 5) is 0. The minimum absolute atomic E-state index is 0.143. The van der Waals surface area contributed by atoms with Gasteiger partial charge in [-0.1, -0.05) is 38.4 Å². The van der Waals surface area contributed by atoms with Gasteiger partial charge in [-0.25, -0.2) is 0 Å². The molecule has 1 atom stereocenters. The van der Waals surface area contributed by atoms with E-state index in [1.165, 1.54) is 0 Å². The van der Waals surface area contributed by atoms with E-state index in [4.69, 9.17) is 16.3 Å². The van der Waals surface area contributed by atoms with Gasteiger partial charge >= 0.3 is 0 Å². The molecule has 1 aromatic rings. The highest BCUT2D eigenvalue weighted by Crippen LogP contribution is 2.25. The predicted molar refractivity (Wildman–Crippen MR) is 79.8 cm³/mol. The maximum atomic E-state index is 9.89. The minimum atomic E-state index is -0.325. The molecule has 0 aromatic heterocycles. The van der Waals surface area contributed by atoms with Crippen molar-refractivity contribution in [1.29, 1.82) is 0 Å². The Morgan fingerprint density at radius 2 is 2.05 bits per heavy atom. The number of aliphatic hydroxyl groups excluding tert-OH is 1. The molecule has 0 amide bonds. The van der Waals surface area contributed by atoms with Crippen LogP contribution in [-0.2, 0) is 6.54 Å². The van der Waals surface area contributed by atoms with Gasteiger partial charge in [0.25, 0.3) is 0 Å². The Kier molecular flexibility index (Phi) is 6.11. The van der Waals surface area contributed by atoms with Crippen molar-refractivity contribution in [3.63, 3.8) is 0 Å². The van der Waals surface area contributed by atoms with Gasteiger partial charge in [0.1, 0.15) is 5.75 Å². The Balaban J connectivity index is 2.39. The Bertz CT molecular complexity index is 402. The van der Waals surface area contributed by atoms with E-state index in [9.17, 15) is 5.11 Å². The third kappa shape index (κ3) is 6.28. The molecular formula is C15H24ClNO2. The molecule has 1 unspecified atom stereocenters. The lowest BCUT2D eigenvalue weighted by atomic mass is 9.89. The zero-order valence-electron chi connectivity index (χ0n) is 12.2. The Morgan fingerprint density at radius 3 is 2.58 bits per heavy atom. The molecule has 19 heavy (non-hydrogen) atoms. The van der Waals surface area contributed by atoms with Crippen LogP contribution >= 0.6 is 11.6 Å². The summed E-state index contributed by atoms with van der Waals surface area (Å²) >= 11 is 6.06. The van der Waals surface area contributed by atoms with Crippen molar-refractivity contribution in [1.82, 2.24) is 5.32 Å². The van der Waals surface area contributed by atoms with Crippen LogP contribution in [0.25, 0.3) is 0 Å². The first-order valence-corrected chi connectivity index (χ1v) is 6.91. The van der Waals surface area contributed by atoms with Crippen molar-refractivity contribution in [2.45, 2.75) is 39.8 Å². The largest absolute Gasteiger partial charge is 0.495 e. The second-order valence-corrected chi connectivity index (χ2v) is 6.43. The highest BCUT2D eigenvalue weighted by atomic mass is 35.5. The Hall–Kier alpha value is -0.770. The summed E-state index contributed by atoms with van der Waals surface area (Å²) in [5.41, 5.74) is 1.22. The Morgan fingerprint density at radius 1 is 1.37 bits per heavy atom. The lowest BCUT2D eigenvalue weighted by Crippen LogP contribution is -2.29. The molecular weight excluding hydrogens is 262 g/mol. The van der Waals surface area contributed by atoms with Gasteiger partial charge in [0.05, 0.1) is 18.2 Å². The molecule has 1 rings (SSSR count). The number of halogens is 1. The van der Waals surface area contributed by atoms with Crippen LogP contribution in [0.4, 0.5) is 0 Å². The number of methoxy groups -OCH3 is 1. The summed E-state index contributed by atoms with van der Waals surface area (Å²) in [5.74, 6) is 0.679. The molecule has 0 heterocycles. The summed E-state index contributed by atoms with van der Waals surface area (Å²) in [6.45, 7) is 7.64. The van der Waals surface area contributed by atoms with E-state index in [0.717, 1.165) is 12.0 Å². The summed E-state index contributed by atoms with van der Waals surface area (Å²) in [6.07, 6.45) is 0.456. The third-order valence-electron chi connectivity index (χ3n) is 2.77. The zero-order chi connectivity index (χ0) is 14.5.